The van der Waals surface area contributed by atoms with E-state index >= 15 is 0 Å². The largest absolute Gasteiger partial charge is 0.462 e. The zero-order valence-corrected chi connectivity index (χ0v) is 22.3. The second-order valence-electron chi connectivity index (χ2n) is 8.48. The number of hydrogen-bond acceptors (Lipinski definition) is 9. The molecule has 0 aromatic carbocycles. The fourth-order valence-electron chi connectivity index (χ4n) is 3.91. The van der Waals surface area contributed by atoms with Gasteiger partial charge < -0.3 is 14.8 Å². The van der Waals surface area contributed by atoms with E-state index in [9.17, 15) is 14.4 Å². The van der Waals surface area contributed by atoms with E-state index in [0.29, 0.717) is 11.2 Å². The first kappa shape index (κ1) is 26.0. The third kappa shape index (κ3) is 4.96. The average Bonchev–Trinajstić information content (AvgIpc) is 3.53. The van der Waals surface area contributed by atoms with Gasteiger partial charge in [-0.3, -0.25) is 9.48 Å². The van der Waals surface area contributed by atoms with E-state index in [2.05, 4.69) is 20.5 Å². The van der Waals surface area contributed by atoms with Gasteiger partial charge in [0.2, 0.25) is 0 Å². The molecule has 0 bridgehead atoms. The Balaban J connectivity index is 1.72. The number of aryl methyl sites for hydroxylation is 1. The summed E-state index contributed by atoms with van der Waals surface area (Å²) in [5, 5.41) is 11.8. The van der Waals surface area contributed by atoms with Crippen molar-refractivity contribution in [3.8, 4) is 11.3 Å². The second kappa shape index (κ2) is 10.5. The Morgan fingerprint density at radius 2 is 1.92 bits per heavy atom. The molecule has 0 atom stereocenters. The zero-order chi connectivity index (χ0) is 26.9. The Bertz CT molecular complexity index is 1500. The van der Waals surface area contributed by atoms with Crippen molar-refractivity contribution in [1.82, 2.24) is 24.4 Å². The van der Waals surface area contributed by atoms with Crippen LogP contribution in [0.15, 0.2) is 24.5 Å². The van der Waals surface area contributed by atoms with Gasteiger partial charge in [-0.2, -0.15) is 10.2 Å². The lowest BCUT2D eigenvalue weighted by Gasteiger charge is -2.10. The van der Waals surface area contributed by atoms with Crippen LogP contribution in [0, 0.1) is 13.8 Å². The molecule has 11 nitrogen and oxygen atoms in total. The molecule has 4 heterocycles. The van der Waals surface area contributed by atoms with Crippen LogP contribution in [-0.4, -0.2) is 54.9 Å². The van der Waals surface area contributed by atoms with Crippen molar-refractivity contribution in [2.45, 2.75) is 54.2 Å². The summed E-state index contributed by atoms with van der Waals surface area (Å²) in [5.74, 6) is -1.78. The number of amides is 1. The Hall–Kier alpha value is -4.06. The van der Waals surface area contributed by atoms with Gasteiger partial charge in [0.25, 0.3) is 5.91 Å². The molecule has 4 aromatic heterocycles. The summed E-state index contributed by atoms with van der Waals surface area (Å²) in [6.45, 7) is 11.6. The fraction of sp³-hybridized carbons (Fsp3) is 0.360. The number of fused-ring (bicyclic) bond motifs is 1. The average molecular weight is 525 g/mol. The van der Waals surface area contributed by atoms with Gasteiger partial charge in [-0.25, -0.2) is 19.1 Å². The number of rotatable bonds is 8. The topological polar surface area (TPSA) is 130 Å². The van der Waals surface area contributed by atoms with Crippen LogP contribution < -0.4 is 5.32 Å². The van der Waals surface area contributed by atoms with Crippen LogP contribution in [0.1, 0.15) is 69.5 Å². The van der Waals surface area contributed by atoms with E-state index in [1.54, 1.807) is 56.7 Å². The summed E-state index contributed by atoms with van der Waals surface area (Å²) in [4.78, 5) is 43.1. The lowest BCUT2D eigenvalue weighted by atomic mass is 10.1. The van der Waals surface area contributed by atoms with E-state index in [0.717, 1.165) is 34.8 Å². The first-order chi connectivity index (χ1) is 17.7. The summed E-state index contributed by atoms with van der Waals surface area (Å²) in [6.07, 6.45) is 3.02. The van der Waals surface area contributed by atoms with Crippen LogP contribution in [0.2, 0.25) is 0 Å². The SMILES string of the molecule is CCOC(=O)c1sc(NC(=O)c2cc3nccc(-c4cnn(CC)c4C)n3n2)c(C(=O)OC(C)C)c1C. The Labute approximate surface area is 217 Å². The van der Waals surface area contributed by atoms with E-state index < -0.39 is 17.8 Å². The molecule has 4 rings (SSSR count). The molecular formula is C25H28N6O5S. The molecule has 0 saturated heterocycles. The van der Waals surface area contributed by atoms with Crippen LogP contribution in [0.3, 0.4) is 0 Å². The molecular weight excluding hydrogens is 496 g/mol. The quantitative estimate of drug-likeness (QED) is 0.338. The summed E-state index contributed by atoms with van der Waals surface area (Å²) in [7, 11) is 0. The molecule has 37 heavy (non-hydrogen) atoms. The van der Waals surface area contributed by atoms with Crippen molar-refractivity contribution in [2.24, 2.45) is 0 Å². The molecule has 1 amide bonds. The third-order valence-corrected chi connectivity index (χ3v) is 6.84. The minimum Gasteiger partial charge on any atom is -0.462 e. The maximum Gasteiger partial charge on any atom is 0.348 e. The van der Waals surface area contributed by atoms with Crippen molar-refractivity contribution in [2.75, 3.05) is 11.9 Å². The highest BCUT2D eigenvalue weighted by molar-refractivity contribution is 7.18. The number of nitrogens with one attached hydrogen (secondary N) is 1. The molecule has 0 saturated carbocycles. The third-order valence-electron chi connectivity index (χ3n) is 5.65. The summed E-state index contributed by atoms with van der Waals surface area (Å²) >= 11 is 0.958. The molecule has 1 N–H and O–H groups in total. The number of hydrogen-bond donors (Lipinski definition) is 1. The van der Waals surface area contributed by atoms with E-state index in [4.69, 9.17) is 9.47 Å². The zero-order valence-electron chi connectivity index (χ0n) is 21.5. The van der Waals surface area contributed by atoms with E-state index in [-0.39, 0.29) is 33.8 Å². The lowest BCUT2D eigenvalue weighted by molar-refractivity contribution is 0.0379. The van der Waals surface area contributed by atoms with E-state index in [1.807, 2.05) is 18.5 Å². The molecule has 0 aliphatic heterocycles. The maximum atomic E-state index is 13.3. The van der Waals surface area contributed by atoms with Gasteiger partial charge in [0.05, 0.1) is 30.2 Å². The van der Waals surface area contributed by atoms with E-state index in [1.165, 1.54) is 0 Å². The van der Waals surface area contributed by atoms with Crippen molar-refractivity contribution < 1.29 is 23.9 Å². The number of aromatic nitrogens is 5. The van der Waals surface area contributed by atoms with Crippen molar-refractivity contribution in [3.05, 3.63) is 51.9 Å². The number of thiophene rings is 1. The lowest BCUT2D eigenvalue weighted by Crippen LogP contribution is -2.17. The number of esters is 2. The molecule has 0 spiro atoms. The second-order valence-corrected chi connectivity index (χ2v) is 9.50. The standard InChI is InChI=1S/C25H28N6O5S/c1-7-30-15(6)16(12-27-30)18-9-10-26-19-11-17(29-31(18)19)22(32)28-23-20(24(33)36-13(3)4)14(5)21(37-23)25(34)35-8-2/h9-13H,7-8H2,1-6H3,(H,28,32). The molecule has 0 radical (unpaired) electrons. The van der Waals surface area contributed by atoms with Crippen LogP contribution in [0.5, 0.6) is 0 Å². The normalized spacial score (nSPS) is 11.2. The van der Waals surface area contributed by atoms with Crippen LogP contribution >= 0.6 is 11.3 Å². The molecule has 0 aliphatic carbocycles. The van der Waals surface area contributed by atoms with Gasteiger partial charge in [-0.1, -0.05) is 0 Å². The van der Waals surface area contributed by atoms with Gasteiger partial charge in [-0.15, -0.1) is 11.3 Å². The summed E-state index contributed by atoms with van der Waals surface area (Å²) < 4.78 is 13.9. The Kier molecular flexibility index (Phi) is 7.39. The van der Waals surface area contributed by atoms with Crippen molar-refractivity contribution >= 4 is 39.8 Å². The fourth-order valence-corrected chi connectivity index (χ4v) is 4.99. The Morgan fingerprint density at radius 1 is 1.16 bits per heavy atom. The number of nitrogens with zero attached hydrogens (tertiary/aromatic N) is 5. The number of carbonyl (C=O) groups excluding carboxylic acids is 3. The summed E-state index contributed by atoms with van der Waals surface area (Å²) in [5.41, 5.74) is 3.63. The maximum absolute atomic E-state index is 13.3. The van der Waals surface area contributed by atoms with Crippen LogP contribution in [0.4, 0.5) is 5.00 Å². The van der Waals surface area contributed by atoms with Crippen LogP contribution in [0.25, 0.3) is 16.9 Å². The van der Waals surface area contributed by atoms with Gasteiger partial charge in [0, 0.05) is 30.1 Å². The number of anilines is 1. The minimum absolute atomic E-state index is 0.0902. The molecule has 12 heteroatoms. The molecule has 4 aromatic rings. The molecule has 0 aliphatic rings. The molecule has 0 unspecified atom stereocenters. The molecule has 0 fully saturated rings. The first-order valence-corrected chi connectivity index (χ1v) is 12.7. The van der Waals surface area contributed by atoms with Gasteiger partial charge in [0.1, 0.15) is 9.88 Å². The minimum atomic E-state index is -0.642. The van der Waals surface area contributed by atoms with Gasteiger partial charge >= 0.3 is 11.9 Å². The highest BCUT2D eigenvalue weighted by atomic mass is 32.1. The summed E-state index contributed by atoms with van der Waals surface area (Å²) in [6, 6.07) is 3.36. The predicted octanol–water partition coefficient (Wildman–Crippen LogP) is 4.29. The van der Waals surface area contributed by atoms with Crippen LogP contribution in [-0.2, 0) is 16.0 Å². The molecule has 194 valence electrons. The highest BCUT2D eigenvalue weighted by Gasteiger charge is 2.29. The Morgan fingerprint density at radius 3 is 2.57 bits per heavy atom. The predicted molar refractivity (Wildman–Crippen MR) is 138 cm³/mol. The monoisotopic (exact) mass is 524 g/mol. The smallest absolute Gasteiger partial charge is 0.348 e. The first-order valence-electron chi connectivity index (χ1n) is 11.9. The highest BCUT2D eigenvalue weighted by Crippen LogP contribution is 2.35. The number of carbonyl (C=O) groups is 3. The number of ether oxygens (including phenoxy) is 2. The van der Waals surface area contributed by atoms with Gasteiger partial charge in [0.15, 0.2) is 11.3 Å². The van der Waals surface area contributed by atoms with Crippen molar-refractivity contribution in [1.29, 1.82) is 0 Å². The van der Waals surface area contributed by atoms with Crippen molar-refractivity contribution in [3.63, 3.8) is 0 Å². The van der Waals surface area contributed by atoms with Gasteiger partial charge in [-0.05, 0) is 53.2 Å².